The van der Waals surface area contributed by atoms with E-state index in [0.717, 1.165) is 30.7 Å². The fraction of sp³-hybridized carbons (Fsp3) is 0.440. The molecule has 0 aromatic heterocycles. The third-order valence-corrected chi connectivity index (χ3v) is 5.67. The molecule has 160 valence electrons. The van der Waals surface area contributed by atoms with Gasteiger partial charge in [-0.2, -0.15) is 0 Å². The summed E-state index contributed by atoms with van der Waals surface area (Å²) in [6, 6.07) is 16.7. The molecule has 1 N–H and O–H groups in total. The predicted molar refractivity (Wildman–Crippen MR) is 119 cm³/mol. The van der Waals surface area contributed by atoms with E-state index in [4.69, 9.17) is 4.74 Å². The first-order valence-corrected chi connectivity index (χ1v) is 10.8. The highest BCUT2D eigenvalue weighted by molar-refractivity contribution is 5.98. The van der Waals surface area contributed by atoms with E-state index in [1.54, 1.807) is 6.07 Å². The van der Waals surface area contributed by atoms with Crippen molar-refractivity contribution in [2.75, 3.05) is 19.7 Å². The lowest BCUT2D eigenvalue weighted by molar-refractivity contribution is -0.136. The van der Waals surface area contributed by atoms with Gasteiger partial charge >= 0.3 is 0 Å². The van der Waals surface area contributed by atoms with Crippen molar-refractivity contribution in [3.05, 3.63) is 65.7 Å². The molecule has 1 fully saturated rings. The Morgan fingerprint density at radius 2 is 1.80 bits per heavy atom. The number of nitrogens with zero attached hydrogens (tertiary/aromatic N) is 1. The normalized spacial score (nSPS) is 17.5. The average Bonchev–Trinajstić information content (AvgIpc) is 2.76. The Kier molecular flexibility index (Phi) is 7.50. The Balaban J connectivity index is 1.61. The Hall–Kier alpha value is -2.82. The Bertz CT molecular complexity index is 850. The number of hydrogen-bond donors (Lipinski definition) is 1. The van der Waals surface area contributed by atoms with Crippen molar-refractivity contribution in [2.24, 2.45) is 11.8 Å². The monoisotopic (exact) mass is 408 g/mol. The van der Waals surface area contributed by atoms with E-state index in [2.05, 4.69) is 5.32 Å². The molecule has 30 heavy (non-hydrogen) atoms. The van der Waals surface area contributed by atoms with Gasteiger partial charge in [0.2, 0.25) is 5.91 Å². The summed E-state index contributed by atoms with van der Waals surface area (Å²) in [6.07, 6.45) is 1.99. The molecule has 2 amide bonds. The molecular weight excluding hydrogens is 376 g/mol. The second-order valence-corrected chi connectivity index (χ2v) is 8.43. The van der Waals surface area contributed by atoms with Gasteiger partial charge in [0, 0.05) is 24.6 Å². The van der Waals surface area contributed by atoms with Crippen molar-refractivity contribution >= 4 is 11.8 Å². The molecule has 1 aliphatic heterocycles. The molecule has 1 saturated heterocycles. The molecule has 2 aromatic rings. The fourth-order valence-electron chi connectivity index (χ4n) is 3.89. The van der Waals surface area contributed by atoms with E-state index in [1.165, 1.54) is 0 Å². The number of para-hydroxylation sites is 1. The van der Waals surface area contributed by atoms with E-state index in [9.17, 15) is 9.59 Å². The van der Waals surface area contributed by atoms with Gasteiger partial charge in [-0.05, 0) is 49.4 Å². The van der Waals surface area contributed by atoms with E-state index in [0.29, 0.717) is 24.6 Å². The molecule has 2 atom stereocenters. The largest absolute Gasteiger partial charge is 0.493 e. The molecule has 0 saturated carbocycles. The second kappa shape index (κ2) is 10.3. The van der Waals surface area contributed by atoms with Crippen LogP contribution in [0.4, 0.5) is 0 Å². The van der Waals surface area contributed by atoms with Gasteiger partial charge in [-0.25, -0.2) is 0 Å². The molecular formula is C25H32N2O3. The summed E-state index contributed by atoms with van der Waals surface area (Å²) in [5.74, 6) is 0.957. The van der Waals surface area contributed by atoms with Gasteiger partial charge in [0.15, 0.2) is 0 Å². The first kappa shape index (κ1) is 21.9. The number of nitrogens with one attached hydrogen (secondary N) is 1. The number of benzene rings is 2. The van der Waals surface area contributed by atoms with Crippen molar-refractivity contribution in [2.45, 2.75) is 39.7 Å². The van der Waals surface area contributed by atoms with Gasteiger partial charge in [-0.1, -0.05) is 50.2 Å². The van der Waals surface area contributed by atoms with Gasteiger partial charge in [0.05, 0.1) is 6.61 Å². The van der Waals surface area contributed by atoms with Gasteiger partial charge < -0.3 is 15.0 Å². The maximum Gasteiger partial charge on any atom is 0.252 e. The van der Waals surface area contributed by atoms with Crippen LogP contribution in [0.15, 0.2) is 54.6 Å². The Labute approximate surface area is 179 Å². The van der Waals surface area contributed by atoms with E-state index in [-0.39, 0.29) is 17.7 Å². The third kappa shape index (κ3) is 5.62. The van der Waals surface area contributed by atoms with Crippen molar-refractivity contribution in [1.82, 2.24) is 10.2 Å². The minimum Gasteiger partial charge on any atom is -0.493 e. The number of aryl methyl sites for hydroxylation is 1. The van der Waals surface area contributed by atoms with Crippen LogP contribution < -0.4 is 10.1 Å². The quantitative estimate of drug-likeness (QED) is 0.751. The summed E-state index contributed by atoms with van der Waals surface area (Å²) < 4.78 is 5.91. The number of hydrogen-bond acceptors (Lipinski definition) is 3. The fourth-order valence-corrected chi connectivity index (χ4v) is 3.89. The summed E-state index contributed by atoms with van der Waals surface area (Å²) in [5, 5.41) is 2.98. The summed E-state index contributed by atoms with van der Waals surface area (Å²) in [5.41, 5.74) is 1.52. The van der Waals surface area contributed by atoms with Crippen molar-refractivity contribution in [3.63, 3.8) is 0 Å². The molecule has 2 unspecified atom stereocenters. The number of piperidine rings is 1. The number of amides is 2. The van der Waals surface area contributed by atoms with Crippen LogP contribution in [0.3, 0.4) is 0 Å². The lowest BCUT2D eigenvalue weighted by atomic mass is 9.96. The maximum atomic E-state index is 13.3. The van der Waals surface area contributed by atoms with Crippen molar-refractivity contribution in [3.8, 4) is 5.75 Å². The summed E-state index contributed by atoms with van der Waals surface area (Å²) in [6.45, 7) is 7.83. The summed E-state index contributed by atoms with van der Waals surface area (Å²) >= 11 is 0. The number of carbonyl (C=O) groups is 2. The topological polar surface area (TPSA) is 58.6 Å². The minimum absolute atomic E-state index is 0.00338. The first-order valence-electron chi connectivity index (χ1n) is 10.8. The lowest BCUT2D eigenvalue weighted by Gasteiger charge is -2.36. The average molecular weight is 409 g/mol. The second-order valence-electron chi connectivity index (χ2n) is 8.43. The molecule has 5 heteroatoms. The SMILES string of the molecule is Cc1ccccc1C(=O)NC(C(=O)N1CCCC(COc2ccccc2)C1)C(C)C. The molecule has 1 aliphatic rings. The minimum atomic E-state index is -0.536. The number of likely N-dealkylation sites (tertiary alicyclic amines) is 1. The number of ether oxygens (including phenoxy) is 1. The van der Waals surface area contributed by atoms with Gasteiger partial charge in [-0.15, -0.1) is 0 Å². The van der Waals surface area contributed by atoms with Crippen LogP contribution in [0.2, 0.25) is 0 Å². The molecule has 0 radical (unpaired) electrons. The van der Waals surface area contributed by atoms with Gasteiger partial charge in [0.1, 0.15) is 11.8 Å². The molecule has 5 nitrogen and oxygen atoms in total. The van der Waals surface area contributed by atoms with E-state index < -0.39 is 6.04 Å². The maximum absolute atomic E-state index is 13.3. The van der Waals surface area contributed by atoms with Gasteiger partial charge in [0.25, 0.3) is 5.91 Å². The van der Waals surface area contributed by atoms with Crippen LogP contribution in [-0.2, 0) is 4.79 Å². The van der Waals surface area contributed by atoms with Crippen molar-refractivity contribution in [1.29, 1.82) is 0 Å². The highest BCUT2D eigenvalue weighted by Crippen LogP contribution is 2.21. The number of carbonyl (C=O) groups excluding carboxylic acids is 2. The van der Waals surface area contributed by atoms with Crippen LogP contribution in [0, 0.1) is 18.8 Å². The smallest absolute Gasteiger partial charge is 0.252 e. The van der Waals surface area contributed by atoms with E-state index >= 15 is 0 Å². The predicted octanol–water partition coefficient (Wildman–Crippen LogP) is 4.07. The summed E-state index contributed by atoms with van der Waals surface area (Å²) in [7, 11) is 0. The molecule has 3 rings (SSSR count). The number of rotatable bonds is 7. The van der Waals surface area contributed by atoms with Crippen LogP contribution >= 0.6 is 0 Å². The van der Waals surface area contributed by atoms with Crippen LogP contribution in [0.5, 0.6) is 5.75 Å². The zero-order chi connectivity index (χ0) is 21.5. The third-order valence-electron chi connectivity index (χ3n) is 5.67. The van der Waals surface area contributed by atoms with Gasteiger partial charge in [-0.3, -0.25) is 9.59 Å². The Morgan fingerprint density at radius 1 is 1.10 bits per heavy atom. The van der Waals surface area contributed by atoms with Crippen LogP contribution in [-0.4, -0.2) is 42.5 Å². The molecule has 0 bridgehead atoms. The van der Waals surface area contributed by atoms with Crippen LogP contribution in [0.25, 0.3) is 0 Å². The highest BCUT2D eigenvalue weighted by atomic mass is 16.5. The molecule has 0 spiro atoms. The molecule has 1 heterocycles. The zero-order valence-corrected chi connectivity index (χ0v) is 18.1. The Morgan fingerprint density at radius 3 is 2.50 bits per heavy atom. The lowest BCUT2D eigenvalue weighted by Crippen LogP contribution is -2.54. The standard InChI is InChI=1S/C25H32N2O3/c1-18(2)23(26-24(28)22-14-8-7-10-19(22)3)25(29)27-15-9-11-20(16-27)17-30-21-12-5-4-6-13-21/h4-8,10,12-14,18,20,23H,9,11,15-17H2,1-3H3,(H,26,28). The summed E-state index contributed by atoms with van der Waals surface area (Å²) in [4.78, 5) is 28.0. The zero-order valence-electron chi connectivity index (χ0n) is 18.1. The van der Waals surface area contributed by atoms with Crippen LogP contribution in [0.1, 0.15) is 42.6 Å². The highest BCUT2D eigenvalue weighted by Gasteiger charge is 2.32. The molecule has 0 aliphatic carbocycles. The van der Waals surface area contributed by atoms with E-state index in [1.807, 2.05) is 74.2 Å². The first-order chi connectivity index (χ1) is 14.5. The molecule has 2 aromatic carbocycles. The van der Waals surface area contributed by atoms with Crippen molar-refractivity contribution < 1.29 is 14.3 Å².